The number of benzene rings is 2. The average Bonchev–Trinajstić information content (AvgIpc) is 2.49. The molecule has 21 heavy (non-hydrogen) atoms. The molecule has 2 rings (SSSR count). The van der Waals surface area contributed by atoms with Gasteiger partial charge < -0.3 is 10.2 Å². The predicted octanol–water partition coefficient (Wildman–Crippen LogP) is 4.20. The van der Waals surface area contributed by atoms with Gasteiger partial charge in [-0.05, 0) is 42.8 Å². The third kappa shape index (κ3) is 5.14. The van der Waals surface area contributed by atoms with Crippen molar-refractivity contribution in [2.75, 3.05) is 25.0 Å². The topological polar surface area (TPSA) is 15.3 Å². The Morgan fingerprint density at radius 1 is 1.14 bits per heavy atom. The van der Waals surface area contributed by atoms with E-state index in [1.807, 2.05) is 12.1 Å². The van der Waals surface area contributed by atoms with E-state index >= 15 is 0 Å². The van der Waals surface area contributed by atoms with Gasteiger partial charge in [0.05, 0.1) is 0 Å². The van der Waals surface area contributed by atoms with Crippen LogP contribution in [0.25, 0.3) is 0 Å². The van der Waals surface area contributed by atoms with Crippen LogP contribution in [0, 0.1) is 5.82 Å². The number of hydrogen-bond acceptors (Lipinski definition) is 2. The molecular formula is C17H20BrFN2. The zero-order chi connectivity index (χ0) is 15.1. The lowest BCUT2D eigenvalue weighted by Crippen LogP contribution is -2.23. The van der Waals surface area contributed by atoms with Crippen molar-refractivity contribution in [1.29, 1.82) is 0 Å². The molecule has 0 saturated carbocycles. The van der Waals surface area contributed by atoms with E-state index in [1.165, 1.54) is 17.8 Å². The molecule has 0 radical (unpaired) electrons. The Kier molecular flexibility index (Phi) is 6.21. The van der Waals surface area contributed by atoms with E-state index in [1.54, 1.807) is 0 Å². The van der Waals surface area contributed by atoms with Crippen LogP contribution in [0.5, 0.6) is 0 Å². The van der Waals surface area contributed by atoms with Crippen molar-refractivity contribution in [3.63, 3.8) is 0 Å². The van der Waals surface area contributed by atoms with Crippen molar-refractivity contribution in [2.24, 2.45) is 0 Å². The second-order valence-corrected chi connectivity index (χ2v) is 5.88. The van der Waals surface area contributed by atoms with Gasteiger partial charge in [0.1, 0.15) is 5.82 Å². The summed E-state index contributed by atoms with van der Waals surface area (Å²) in [6.07, 6.45) is 1.06. The largest absolute Gasteiger partial charge is 0.375 e. The maximum atomic E-state index is 13.0. The molecule has 112 valence electrons. The first kappa shape index (κ1) is 16.0. The zero-order valence-electron chi connectivity index (χ0n) is 12.2. The van der Waals surface area contributed by atoms with Crippen LogP contribution in [0.15, 0.2) is 53.0 Å². The van der Waals surface area contributed by atoms with Crippen LogP contribution < -0.4 is 10.2 Å². The minimum absolute atomic E-state index is 0.213. The molecule has 2 nitrogen and oxygen atoms in total. The molecule has 0 amide bonds. The van der Waals surface area contributed by atoms with Gasteiger partial charge in [-0.25, -0.2) is 4.39 Å². The third-order valence-electron chi connectivity index (χ3n) is 3.37. The summed E-state index contributed by atoms with van der Waals surface area (Å²) >= 11 is 3.38. The van der Waals surface area contributed by atoms with Crippen LogP contribution >= 0.6 is 15.9 Å². The molecule has 1 N–H and O–H groups in total. The molecule has 2 aromatic rings. The van der Waals surface area contributed by atoms with E-state index in [0.29, 0.717) is 0 Å². The lowest BCUT2D eigenvalue weighted by atomic mass is 10.2. The molecule has 0 aliphatic heterocycles. The van der Waals surface area contributed by atoms with Gasteiger partial charge in [0.25, 0.3) is 0 Å². The summed E-state index contributed by atoms with van der Waals surface area (Å²) in [6.45, 7) is 2.68. The number of hydrogen-bond donors (Lipinski definition) is 1. The lowest BCUT2D eigenvalue weighted by molar-refractivity contribution is 0.620. The van der Waals surface area contributed by atoms with Crippen molar-refractivity contribution in [3.8, 4) is 0 Å². The minimum Gasteiger partial charge on any atom is -0.375 e. The molecule has 0 atom stereocenters. The standard InChI is InChI=1S/C17H20BrFN2/c1-21(16-6-3-2-4-7-16)11-5-10-20-13-14-8-9-15(19)12-17(14)18/h2-4,6-9,12,20H,5,10-11,13H2,1H3. The maximum absolute atomic E-state index is 13.0. The summed E-state index contributed by atoms with van der Waals surface area (Å²) in [5.74, 6) is -0.213. The maximum Gasteiger partial charge on any atom is 0.124 e. The summed E-state index contributed by atoms with van der Waals surface area (Å²) in [5.41, 5.74) is 2.31. The highest BCUT2D eigenvalue weighted by Gasteiger charge is 2.02. The van der Waals surface area contributed by atoms with Gasteiger partial charge in [0.2, 0.25) is 0 Å². The molecule has 0 bridgehead atoms. The van der Waals surface area contributed by atoms with Crippen LogP contribution in [0.2, 0.25) is 0 Å². The number of halogens is 2. The minimum atomic E-state index is -0.213. The Labute approximate surface area is 134 Å². The second kappa shape index (κ2) is 8.15. The molecule has 0 spiro atoms. The molecule has 4 heteroatoms. The summed E-state index contributed by atoms with van der Waals surface area (Å²) < 4.78 is 13.8. The highest BCUT2D eigenvalue weighted by atomic mass is 79.9. The van der Waals surface area contributed by atoms with Crippen LogP contribution in [0.3, 0.4) is 0 Å². The summed E-state index contributed by atoms with van der Waals surface area (Å²) in [4.78, 5) is 2.25. The Morgan fingerprint density at radius 3 is 2.62 bits per heavy atom. The molecule has 0 heterocycles. The van der Waals surface area contributed by atoms with Crippen molar-refractivity contribution < 1.29 is 4.39 Å². The molecular weight excluding hydrogens is 331 g/mol. The molecule has 0 unspecified atom stereocenters. The molecule has 0 aliphatic carbocycles. The van der Waals surface area contributed by atoms with Crippen LogP contribution in [-0.2, 0) is 6.54 Å². The number of nitrogens with zero attached hydrogens (tertiary/aromatic N) is 1. The van der Waals surface area contributed by atoms with Crippen molar-refractivity contribution >= 4 is 21.6 Å². The highest BCUT2D eigenvalue weighted by Crippen LogP contribution is 2.17. The van der Waals surface area contributed by atoms with E-state index in [0.717, 1.165) is 36.1 Å². The summed E-state index contributed by atoms with van der Waals surface area (Å²) in [5, 5.41) is 3.39. The van der Waals surface area contributed by atoms with Gasteiger partial charge in [-0.2, -0.15) is 0 Å². The first-order valence-electron chi connectivity index (χ1n) is 7.07. The van der Waals surface area contributed by atoms with Gasteiger partial charge in [-0.15, -0.1) is 0 Å². The zero-order valence-corrected chi connectivity index (χ0v) is 13.7. The monoisotopic (exact) mass is 350 g/mol. The first-order chi connectivity index (χ1) is 10.2. The van der Waals surface area contributed by atoms with E-state index in [-0.39, 0.29) is 5.82 Å². The van der Waals surface area contributed by atoms with E-state index in [4.69, 9.17) is 0 Å². The quantitative estimate of drug-likeness (QED) is 0.752. The van der Waals surface area contributed by atoms with Crippen molar-refractivity contribution in [2.45, 2.75) is 13.0 Å². The molecule has 2 aromatic carbocycles. The number of anilines is 1. The third-order valence-corrected chi connectivity index (χ3v) is 4.11. The molecule has 0 fully saturated rings. The van der Waals surface area contributed by atoms with E-state index < -0.39 is 0 Å². The summed E-state index contributed by atoms with van der Waals surface area (Å²) in [6, 6.07) is 15.2. The van der Waals surface area contributed by atoms with Crippen LogP contribution in [0.1, 0.15) is 12.0 Å². The van der Waals surface area contributed by atoms with Crippen molar-refractivity contribution in [1.82, 2.24) is 5.32 Å². The highest BCUT2D eigenvalue weighted by molar-refractivity contribution is 9.10. The summed E-state index contributed by atoms with van der Waals surface area (Å²) in [7, 11) is 2.10. The van der Waals surface area contributed by atoms with Crippen LogP contribution in [-0.4, -0.2) is 20.1 Å². The smallest absolute Gasteiger partial charge is 0.124 e. The fourth-order valence-corrected chi connectivity index (χ4v) is 2.63. The van der Waals surface area contributed by atoms with Crippen LogP contribution in [0.4, 0.5) is 10.1 Å². The van der Waals surface area contributed by atoms with Gasteiger partial charge in [0.15, 0.2) is 0 Å². The van der Waals surface area contributed by atoms with Gasteiger partial charge in [-0.1, -0.05) is 40.2 Å². The normalized spacial score (nSPS) is 10.6. The number of rotatable bonds is 7. The van der Waals surface area contributed by atoms with Gasteiger partial charge >= 0.3 is 0 Å². The Morgan fingerprint density at radius 2 is 1.90 bits per heavy atom. The number of para-hydroxylation sites is 1. The predicted molar refractivity (Wildman–Crippen MR) is 90.1 cm³/mol. The first-order valence-corrected chi connectivity index (χ1v) is 7.87. The van der Waals surface area contributed by atoms with Gasteiger partial charge in [0, 0.05) is 30.3 Å². The van der Waals surface area contributed by atoms with Gasteiger partial charge in [-0.3, -0.25) is 0 Å². The molecule has 0 aliphatic rings. The fourth-order valence-electron chi connectivity index (χ4n) is 2.14. The number of nitrogens with one attached hydrogen (secondary N) is 1. The molecule has 0 aromatic heterocycles. The average molecular weight is 351 g/mol. The Hall–Kier alpha value is -1.39. The second-order valence-electron chi connectivity index (χ2n) is 5.02. The van der Waals surface area contributed by atoms with E-state index in [2.05, 4.69) is 57.5 Å². The molecule has 0 saturated heterocycles. The van der Waals surface area contributed by atoms with Crippen molar-refractivity contribution in [3.05, 3.63) is 64.4 Å². The lowest BCUT2D eigenvalue weighted by Gasteiger charge is -2.19. The van der Waals surface area contributed by atoms with E-state index in [9.17, 15) is 4.39 Å². The Balaban J connectivity index is 1.68. The Bertz CT molecular complexity index is 560. The fraction of sp³-hybridized carbons (Fsp3) is 0.294. The SMILES string of the molecule is CN(CCCNCc1ccc(F)cc1Br)c1ccccc1.